The number of piperidine rings is 1. The largest absolute Gasteiger partial charge is 0.465 e. The third kappa shape index (κ3) is 6.36. The van der Waals surface area contributed by atoms with Crippen LogP contribution in [0.2, 0.25) is 0 Å². The lowest BCUT2D eigenvalue weighted by Gasteiger charge is -2.41. The minimum atomic E-state index is -1.11. The molecule has 0 spiro atoms. The van der Waals surface area contributed by atoms with Crippen molar-refractivity contribution in [2.24, 2.45) is 11.8 Å². The molecule has 0 bridgehead atoms. The second kappa shape index (κ2) is 11.6. The second-order valence-electron chi connectivity index (χ2n) is 9.66. The number of amides is 2. The fourth-order valence-corrected chi connectivity index (χ4v) is 4.67. The maximum absolute atomic E-state index is 14.1. The molecule has 35 heavy (non-hydrogen) atoms. The summed E-state index contributed by atoms with van der Waals surface area (Å²) >= 11 is 0. The lowest BCUT2D eigenvalue weighted by Crippen LogP contribution is -2.56. The van der Waals surface area contributed by atoms with Crippen molar-refractivity contribution in [1.29, 1.82) is 0 Å². The van der Waals surface area contributed by atoms with Crippen molar-refractivity contribution in [3.05, 3.63) is 29.8 Å². The second-order valence-corrected chi connectivity index (χ2v) is 9.66. The fourth-order valence-electron chi connectivity index (χ4n) is 4.67. The van der Waals surface area contributed by atoms with Gasteiger partial charge in [0, 0.05) is 45.8 Å². The maximum atomic E-state index is 14.1. The first kappa shape index (κ1) is 26.6. The predicted molar refractivity (Wildman–Crippen MR) is 129 cm³/mol. The van der Waals surface area contributed by atoms with Crippen LogP contribution < -0.4 is 0 Å². The van der Waals surface area contributed by atoms with E-state index in [1.165, 1.54) is 24.0 Å². The molecule has 1 aliphatic rings. The number of rotatable bonds is 10. The molecule has 2 heterocycles. The van der Waals surface area contributed by atoms with Crippen LogP contribution in [0.5, 0.6) is 0 Å². The molecule has 0 unspecified atom stereocenters. The minimum absolute atomic E-state index is 0.0984. The van der Waals surface area contributed by atoms with Crippen LogP contribution >= 0.6 is 0 Å². The summed E-state index contributed by atoms with van der Waals surface area (Å²) in [5, 5.41) is 9.63. The van der Waals surface area contributed by atoms with Gasteiger partial charge in [0.25, 0.3) is 5.91 Å². The van der Waals surface area contributed by atoms with E-state index in [0.717, 1.165) is 6.42 Å². The molecular formula is C25H35FN4O5. The van der Waals surface area contributed by atoms with Crippen molar-refractivity contribution < 1.29 is 28.6 Å². The molecule has 0 aliphatic carbocycles. The van der Waals surface area contributed by atoms with Gasteiger partial charge in [0.05, 0.1) is 17.1 Å². The Hall–Kier alpha value is -3.01. The molecule has 10 heteroatoms. The van der Waals surface area contributed by atoms with E-state index >= 15 is 0 Å². The topological polar surface area (TPSA) is 105 Å². The zero-order chi connectivity index (χ0) is 25.7. The molecule has 0 radical (unpaired) electrons. The van der Waals surface area contributed by atoms with Gasteiger partial charge in [-0.15, -0.1) is 0 Å². The standard InChI is InChI=1S/C25H35FN4O5/c1-16(2)13-30(20-11-18(17(3)31)14-28(15-20)25(33)34)24(32)23-27-21-8-7-19(26)12-22(21)29(23)9-5-6-10-35-4/h7-8,12,16,18,20H,5-6,9-11,13-15H2,1-4H3,(H,33,34)/t18-,20+/m1/s1. The summed E-state index contributed by atoms with van der Waals surface area (Å²) in [7, 11) is 1.62. The molecule has 2 aromatic rings. The number of methoxy groups -OCH3 is 1. The number of ether oxygens (including phenoxy) is 1. The van der Waals surface area contributed by atoms with E-state index in [-0.39, 0.29) is 36.5 Å². The molecule has 1 aromatic carbocycles. The van der Waals surface area contributed by atoms with Crippen molar-refractivity contribution in [1.82, 2.24) is 19.4 Å². The first-order valence-electron chi connectivity index (χ1n) is 12.1. The summed E-state index contributed by atoms with van der Waals surface area (Å²) in [5.41, 5.74) is 1.05. The number of aromatic nitrogens is 2. The van der Waals surface area contributed by atoms with Crippen molar-refractivity contribution in [3.63, 3.8) is 0 Å². The number of Topliss-reactive ketones (excluding diaryl/α,β-unsaturated/α-hetero) is 1. The van der Waals surface area contributed by atoms with Gasteiger partial charge in [0.2, 0.25) is 0 Å². The highest BCUT2D eigenvalue weighted by atomic mass is 19.1. The normalized spacial score (nSPS) is 18.3. The summed E-state index contributed by atoms with van der Waals surface area (Å²) in [5.74, 6) is -1.04. The number of nitrogens with zero attached hydrogens (tertiary/aromatic N) is 4. The minimum Gasteiger partial charge on any atom is -0.465 e. The number of carbonyl (C=O) groups is 3. The Morgan fingerprint density at radius 3 is 2.63 bits per heavy atom. The summed E-state index contributed by atoms with van der Waals surface area (Å²) < 4.78 is 20.9. The van der Waals surface area contributed by atoms with Gasteiger partial charge in [-0.05, 0) is 50.3 Å². The lowest BCUT2D eigenvalue weighted by atomic mass is 9.90. The number of fused-ring (bicyclic) bond motifs is 1. The molecule has 1 fully saturated rings. The summed E-state index contributed by atoms with van der Waals surface area (Å²) in [6.45, 7) is 7.07. The van der Waals surface area contributed by atoms with E-state index in [9.17, 15) is 23.9 Å². The third-order valence-electron chi connectivity index (χ3n) is 6.42. The average Bonchev–Trinajstić information content (AvgIpc) is 3.17. The van der Waals surface area contributed by atoms with E-state index in [1.807, 2.05) is 13.8 Å². The molecule has 2 atom stereocenters. The number of carbonyl (C=O) groups excluding carboxylic acids is 2. The lowest BCUT2D eigenvalue weighted by molar-refractivity contribution is -0.122. The van der Waals surface area contributed by atoms with Crippen LogP contribution in [0.4, 0.5) is 9.18 Å². The van der Waals surface area contributed by atoms with Crippen LogP contribution in [0.1, 0.15) is 50.7 Å². The van der Waals surface area contributed by atoms with Gasteiger partial charge < -0.3 is 24.2 Å². The monoisotopic (exact) mass is 490 g/mol. The SMILES string of the molecule is COCCCCn1c(C(=O)N(CC(C)C)[C@H]2C[C@@H](C(C)=O)CN(C(=O)O)C2)nc2ccc(F)cc21. The van der Waals surface area contributed by atoms with Gasteiger partial charge in [0.1, 0.15) is 11.6 Å². The number of aryl methyl sites for hydroxylation is 1. The summed E-state index contributed by atoms with van der Waals surface area (Å²) in [6.07, 6.45) is 0.757. The molecule has 1 N–H and O–H groups in total. The van der Waals surface area contributed by atoms with Crippen molar-refractivity contribution in [2.75, 3.05) is 33.4 Å². The number of hydrogen-bond donors (Lipinski definition) is 1. The molecule has 9 nitrogen and oxygen atoms in total. The first-order chi connectivity index (χ1) is 16.6. The number of carboxylic acid groups (broad SMARTS) is 1. The number of imidazole rings is 1. The van der Waals surface area contributed by atoms with E-state index in [0.29, 0.717) is 43.6 Å². The Kier molecular flexibility index (Phi) is 8.82. The van der Waals surface area contributed by atoms with Crippen LogP contribution in [0, 0.1) is 17.7 Å². The Balaban J connectivity index is 2.00. The third-order valence-corrected chi connectivity index (χ3v) is 6.42. The Bertz CT molecular complexity index is 1050. The van der Waals surface area contributed by atoms with Gasteiger partial charge in [-0.3, -0.25) is 9.59 Å². The van der Waals surface area contributed by atoms with E-state index in [4.69, 9.17) is 4.74 Å². The number of benzene rings is 1. The van der Waals surface area contributed by atoms with Gasteiger partial charge in [-0.25, -0.2) is 14.2 Å². The molecule has 0 saturated carbocycles. The highest BCUT2D eigenvalue weighted by Crippen LogP contribution is 2.26. The van der Waals surface area contributed by atoms with Crippen LogP contribution in [0.25, 0.3) is 11.0 Å². The van der Waals surface area contributed by atoms with Crippen LogP contribution in [0.3, 0.4) is 0 Å². The Morgan fingerprint density at radius 2 is 2.00 bits per heavy atom. The molecule has 1 saturated heterocycles. The van der Waals surface area contributed by atoms with Crippen molar-refractivity contribution in [3.8, 4) is 0 Å². The first-order valence-corrected chi connectivity index (χ1v) is 12.1. The molecule has 2 amide bonds. The average molecular weight is 491 g/mol. The van der Waals surface area contributed by atoms with Gasteiger partial charge in [-0.1, -0.05) is 13.8 Å². The van der Waals surface area contributed by atoms with Crippen LogP contribution in [-0.2, 0) is 16.1 Å². The van der Waals surface area contributed by atoms with Crippen molar-refractivity contribution in [2.45, 2.75) is 52.6 Å². The van der Waals surface area contributed by atoms with Crippen LogP contribution in [0.15, 0.2) is 18.2 Å². The van der Waals surface area contributed by atoms with Gasteiger partial charge in [-0.2, -0.15) is 0 Å². The molecule has 1 aromatic heterocycles. The van der Waals surface area contributed by atoms with Gasteiger partial charge in [0.15, 0.2) is 5.82 Å². The Labute approximate surface area is 204 Å². The number of halogens is 1. The highest BCUT2D eigenvalue weighted by Gasteiger charge is 2.38. The van der Waals surface area contributed by atoms with E-state index in [1.54, 1.807) is 22.6 Å². The quantitative estimate of drug-likeness (QED) is 0.510. The smallest absolute Gasteiger partial charge is 0.407 e. The number of hydrogen-bond acceptors (Lipinski definition) is 5. The predicted octanol–water partition coefficient (Wildman–Crippen LogP) is 3.66. The van der Waals surface area contributed by atoms with E-state index in [2.05, 4.69) is 4.98 Å². The summed E-state index contributed by atoms with van der Waals surface area (Å²) in [4.78, 5) is 45.4. The van der Waals surface area contributed by atoms with Gasteiger partial charge >= 0.3 is 6.09 Å². The molecule has 192 valence electrons. The fraction of sp³-hybridized carbons (Fsp3) is 0.600. The number of likely N-dealkylation sites (tertiary alicyclic amines) is 1. The molecule has 1 aliphatic heterocycles. The van der Waals surface area contributed by atoms with Crippen LogP contribution in [-0.4, -0.2) is 81.6 Å². The highest BCUT2D eigenvalue weighted by molar-refractivity contribution is 5.95. The van der Waals surface area contributed by atoms with E-state index < -0.39 is 23.9 Å². The zero-order valence-electron chi connectivity index (χ0n) is 20.9. The Morgan fingerprint density at radius 1 is 1.26 bits per heavy atom. The summed E-state index contributed by atoms with van der Waals surface area (Å²) in [6, 6.07) is 3.77. The number of unbranched alkanes of at least 4 members (excludes halogenated alkanes) is 1. The number of ketones is 1. The molecular weight excluding hydrogens is 455 g/mol. The zero-order valence-corrected chi connectivity index (χ0v) is 20.9. The van der Waals surface area contributed by atoms with Crippen molar-refractivity contribution >= 4 is 28.8 Å². The molecule has 3 rings (SSSR count). The maximum Gasteiger partial charge on any atom is 0.407 e.